The van der Waals surface area contributed by atoms with Crippen molar-refractivity contribution in [1.29, 1.82) is 0 Å². The van der Waals surface area contributed by atoms with Gasteiger partial charge in [0.15, 0.2) is 0 Å². The maximum absolute atomic E-state index is 3.68. The van der Waals surface area contributed by atoms with Crippen LogP contribution in [0.5, 0.6) is 0 Å². The molecule has 2 aromatic carbocycles. The molecule has 100 valence electrons. The lowest BCUT2D eigenvalue weighted by Gasteiger charge is -2.21. The fourth-order valence-corrected chi connectivity index (χ4v) is 3.22. The van der Waals surface area contributed by atoms with Gasteiger partial charge in [0.05, 0.1) is 6.04 Å². The van der Waals surface area contributed by atoms with E-state index in [0.29, 0.717) is 0 Å². The highest BCUT2D eigenvalue weighted by atomic mass is 79.9. The first-order chi connectivity index (χ1) is 9.02. The molecule has 0 saturated heterocycles. The second kappa shape index (κ2) is 5.89. The Morgan fingerprint density at radius 3 is 2.00 bits per heavy atom. The monoisotopic (exact) mass is 317 g/mol. The topological polar surface area (TPSA) is 12.0 Å². The first-order valence-corrected chi connectivity index (χ1v) is 7.32. The second-order valence-corrected chi connectivity index (χ2v) is 5.96. The minimum atomic E-state index is 0.218. The molecule has 1 N–H and O–H groups in total. The van der Waals surface area contributed by atoms with Crippen molar-refractivity contribution in [3.8, 4) is 0 Å². The molecule has 0 fully saturated rings. The highest BCUT2D eigenvalue weighted by Gasteiger charge is 2.16. The Hall–Kier alpha value is -1.12. The molecule has 0 spiro atoms. The van der Waals surface area contributed by atoms with Gasteiger partial charge in [-0.2, -0.15) is 0 Å². The van der Waals surface area contributed by atoms with Crippen molar-refractivity contribution in [3.63, 3.8) is 0 Å². The smallest absolute Gasteiger partial charge is 0.0588 e. The van der Waals surface area contributed by atoms with Gasteiger partial charge in [0.25, 0.3) is 0 Å². The van der Waals surface area contributed by atoms with Crippen molar-refractivity contribution in [2.45, 2.75) is 26.8 Å². The third-order valence-electron chi connectivity index (χ3n) is 3.49. The van der Waals surface area contributed by atoms with Crippen LogP contribution in [0, 0.1) is 20.8 Å². The molecule has 0 amide bonds. The number of aryl methyl sites for hydroxylation is 3. The quantitative estimate of drug-likeness (QED) is 0.866. The molecule has 0 aliphatic heterocycles. The summed E-state index contributed by atoms with van der Waals surface area (Å²) in [5, 5.41) is 3.43. The van der Waals surface area contributed by atoms with E-state index in [9.17, 15) is 0 Å². The van der Waals surface area contributed by atoms with Gasteiger partial charge >= 0.3 is 0 Å². The molecular weight excluding hydrogens is 298 g/mol. The Labute approximate surface area is 124 Å². The van der Waals surface area contributed by atoms with E-state index in [1.165, 1.54) is 27.8 Å². The van der Waals surface area contributed by atoms with Crippen molar-refractivity contribution in [1.82, 2.24) is 5.32 Å². The van der Waals surface area contributed by atoms with Crippen molar-refractivity contribution in [2.24, 2.45) is 0 Å². The van der Waals surface area contributed by atoms with Crippen LogP contribution in [0.25, 0.3) is 0 Å². The summed E-state index contributed by atoms with van der Waals surface area (Å²) in [6, 6.07) is 13.4. The SMILES string of the molecule is CNC(c1ccc(C)cc1C)c1ccc(C)cc1Br. The number of halogens is 1. The van der Waals surface area contributed by atoms with Gasteiger partial charge in [0.2, 0.25) is 0 Å². The third kappa shape index (κ3) is 3.07. The molecule has 1 nitrogen and oxygen atoms in total. The molecule has 1 unspecified atom stereocenters. The molecular formula is C17H20BrN. The van der Waals surface area contributed by atoms with Crippen LogP contribution >= 0.6 is 15.9 Å². The molecule has 0 saturated carbocycles. The first kappa shape index (κ1) is 14.3. The minimum absolute atomic E-state index is 0.218. The lowest BCUT2D eigenvalue weighted by atomic mass is 9.93. The van der Waals surface area contributed by atoms with Crippen LogP contribution in [0.4, 0.5) is 0 Å². The van der Waals surface area contributed by atoms with E-state index >= 15 is 0 Å². The van der Waals surface area contributed by atoms with Crippen LogP contribution in [-0.4, -0.2) is 7.05 Å². The zero-order valence-corrected chi connectivity index (χ0v) is 13.5. The van der Waals surface area contributed by atoms with E-state index in [2.05, 4.69) is 78.4 Å². The molecule has 19 heavy (non-hydrogen) atoms. The normalized spacial score (nSPS) is 12.5. The van der Waals surface area contributed by atoms with Crippen molar-refractivity contribution in [3.05, 3.63) is 68.7 Å². The fourth-order valence-electron chi connectivity index (χ4n) is 2.49. The Morgan fingerprint density at radius 1 is 0.895 bits per heavy atom. The number of hydrogen-bond donors (Lipinski definition) is 1. The molecule has 0 aliphatic carbocycles. The van der Waals surface area contributed by atoms with Crippen LogP contribution in [0.2, 0.25) is 0 Å². The Morgan fingerprint density at radius 2 is 1.47 bits per heavy atom. The maximum atomic E-state index is 3.68. The predicted molar refractivity (Wildman–Crippen MR) is 85.7 cm³/mol. The van der Waals surface area contributed by atoms with Gasteiger partial charge in [-0.3, -0.25) is 0 Å². The molecule has 0 radical (unpaired) electrons. The van der Waals surface area contributed by atoms with Gasteiger partial charge in [-0.1, -0.05) is 51.8 Å². The summed E-state index contributed by atoms with van der Waals surface area (Å²) >= 11 is 3.68. The largest absolute Gasteiger partial charge is 0.309 e. The molecule has 0 aromatic heterocycles. The van der Waals surface area contributed by atoms with Crippen molar-refractivity contribution in [2.75, 3.05) is 7.05 Å². The molecule has 2 heteroatoms. The molecule has 1 atom stereocenters. The van der Waals surface area contributed by atoms with E-state index in [0.717, 1.165) is 4.47 Å². The average molecular weight is 318 g/mol. The summed E-state index contributed by atoms with van der Waals surface area (Å²) in [7, 11) is 2.01. The van der Waals surface area contributed by atoms with E-state index in [1.54, 1.807) is 0 Å². The lowest BCUT2D eigenvalue weighted by Crippen LogP contribution is -2.19. The van der Waals surface area contributed by atoms with Gasteiger partial charge in [-0.25, -0.2) is 0 Å². The van der Waals surface area contributed by atoms with Gasteiger partial charge in [0, 0.05) is 4.47 Å². The summed E-state index contributed by atoms with van der Waals surface area (Å²) in [6.07, 6.45) is 0. The standard InChI is InChI=1S/C17H20BrN/c1-11-5-7-14(13(3)9-11)17(19-4)15-8-6-12(2)10-16(15)18/h5-10,17,19H,1-4H3. The average Bonchev–Trinajstić information content (AvgIpc) is 2.34. The number of nitrogens with one attached hydrogen (secondary N) is 1. The Kier molecular flexibility index (Phi) is 4.43. The van der Waals surface area contributed by atoms with Crippen LogP contribution in [-0.2, 0) is 0 Å². The summed E-state index contributed by atoms with van der Waals surface area (Å²) < 4.78 is 1.16. The van der Waals surface area contributed by atoms with Gasteiger partial charge in [-0.15, -0.1) is 0 Å². The summed E-state index contributed by atoms with van der Waals surface area (Å²) in [5.41, 5.74) is 6.51. The summed E-state index contributed by atoms with van der Waals surface area (Å²) in [4.78, 5) is 0. The molecule has 2 rings (SSSR count). The predicted octanol–water partition coefficient (Wildman–Crippen LogP) is 4.68. The van der Waals surface area contributed by atoms with Crippen LogP contribution in [0.15, 0.2) is 40.9 Å². The Balaban J connectivity index is 2.50. The van der Waals surface area contributed by atoms with E-state index in [4.69, 9.17) is 0 Å². The van der Waals surface area contributed by atoms with Crippen molar-refractivity contribution < 1.29 is 0 Å². The van der Waals surface area contributed by atoms with Crippen LogP contribution < -0.4 is 5.32 Å². The maximum Gasteiger partial charge on any atom is 0.0588 e. The minimum Gasteiger partial charge on any atom is -0.309 e. The lowest BCUT2D eigenvalue weighted by molar-refractivity contribution is 0.684. The van der Waals surface area contributed by atoms with E-state index in [-0.39, 0.29) is 6.04 Å². The number of rotatable bonds is 3. The van der Waals surface area contributed by atoms with Crippen molar-refractivity contribution >= 4 is 15.9 Å². The third-order valence-corrected chi connectivity index (χ3v) is 4.18. The highest BCUT2D eigenvalue weighted by Crippen LogP contribution is 2.31. The molecule has 0 aliphatic rings. The zero-order valence-electron chi connectivity index (χ0n) is 11.9. The van der Waals surface area contributed by atoms with Gasteiger partial charge in [-0.05, 0) is 56.1 Å². The molecule has 0 heterocycles. The molecule has 2 aromatic rings. The number of benzene rings is 2. The summed E-state index contributed by atoms with van der Waals surface area (Å²) in [6.45, 7) is 6.42. The number of hydrogen-bond acceptors (Lipinski definition) is 1. The fraction of sp³-hybridized carbons (Fsp3) is 0.294. The van der Waals surface area contributed by atoms with Gasteiger partial charge < -0.3 is 5.32 Å². The van der Waals surface area contributed by atoms with Gasteiger partial charge in [0.1, 0.15) is 0 Å². The van der Waals surface area contributed by atoms with Crippen LogP contribution in [0.3, 0.4) is 0 Å². The van der Waals surface area contributed by atoms with Crippen LogP contribution in [0.1, 0.15) is 33.9 Å². The summed E-state index contributed by atoms with van der Waals surface area (Å²) in [5.74, 6) is 0. The van der Waals surface area contributed by atoms with E-state index < -0.39 is 0 Å². The first-order valence-electron chi connectivity index (χ1n) is 6.53. The zero-order chi connectivity index (χ0) is 14.0. The second-order valence-electron chi connectivity index (χ2n) is 5.11. The molecule has 0 bridgehead atoms. The van der Waals surface area contributed by atoms with E-state index in [1.807, 2.05) is 7.05 Å². The highest BCUT2D eigenvalue weighted by molar-refractivity contribution is 9.10. The Bertz CT molecular complexity index is 538.